The number of benzene rings is 2. The second kappa shape index (κ2) is 6.68. The van der Waals surface area contributed by atoms with Crippen molar-refractivity contribution in [3.05, 3.63) is 71.0 Å². The molecule has 0 radical (unpaired) electrons. The zero-order valence-corrected chi connectivity index (χ0v) is 13.9. The van der Waals surface area contributed by atoms with Crippen molar-refractivity contribution in [2.24, 2.45) is 0 Å². The molecule has 0 aliphatic rings. The van der Waals surface area contributed by atoms with Gasteiger partial charge >= 0.3 is 5.97 Å². The first-order valence-corrected chi connectivity index (χ1v) is 7.76. The minimum Gasteiger partial charge on any atom is -0.508 e. The molecule has 0 fully saturated rings. The Morgan fingerprint density at radius 2 is 1.80 bits per heavy atom. The predicted octanol–water partition coefficient (Wildman–Crippen LogP) is 3.26. The van der Waals surface area contributed by atoms with Crippen molar-refractivity contribution in [3.63, 3.8) is 0 Å². The molecule has 0 atom stereocenters. The second-order valence-corrected chi connectivity index (χ2v) is 5.78. The summed E-state index contributed by atoms with van der Waals surface area (Å²) in [4.78, 5) is 12.0. The predicted molar refractivity (Wildman–Crippen MR) is 91.9 cm³/mol. The van der Waals surface area contributed by atoms with Crippen molar-refractivity contribution in [1.82, 2.24) is 9.78 Å². The smallest absolute Gasteiger partial charge is 0.342 e. The van der Waals surface area contributed by atoms with E-state index < -0.39 is 5.97 Å². The number of hydrogen-bond donors (Lipinski definition) is 2. The lowest BCUT2D eigenvalue weighted by Gasteiger charge is -2.08. The van der Waals surface area contributed by atoms with Gasteiger partial charge in [0.1, 0.15) is 23.7 Å². The Morgan fingerprint density at radius 3 is 2.40 bits per heavy atom. The molecule has 3 rings (SSSR count). The van der Waals surface area contributed by atoms with Crippen LogP contribution in [0.2, 0.25) is 0 Å². The quantitative estimate of drug-likeness (QED) is 0.713. The number of phenols is 2. The number of carbonyl (C=O) groups is 1. The maximum absolute atomic E-state index is 12.0. The molecular weight excluding hydrogens is 320 g/mol. The van der Waals surface area contributed by atoms with E-state index in [1.54, 1.807) is 0 Å². The van der Waals surface area contributed by atoms with Crippen molar-refractivity contribution in [2.75, 3.05) is 0 Å². The van der Waals surface area contributed by atoms with Crippen LogP contribution in [0.15, 0.2) is 48.5 Å². The third-order valence-electron chi connectivity index (χ3n) is 3.76. The van der Waals surface area contributed by atoms with Crippen LogP contribution in [0.5, 0.6) is 11.5 Å². The van der Waals surface area contributed by atoms with E-state index in [9.17, 15) is 15.0 Å². The number of aromatic hydroxyl groups is 2. The van der Waals surface area contributed by atoms with E-state index in [4.69, 9.17) is 4.74 Å². The third-order valence-corrected chi connectivity index (χ3v) is 3.76. The Hall–Kier alpha value is -3.28. The van der Waals surface area contributed by atoms with E-state index in [2.05, 4.69) is 5.10 Å². The lowest BCUT2D eigenvalue weighted by Crippen LogP contribution is -2.06. The van der Waals surface area contributed by atoms with Gasteiger partial charge < -0.3 is 14.9 Å². The summed E-state index contributed by atoms with van der Waals surface area (Å²) in [6, 6.07) is 13.3. The van der Waals surface area contributed by atoms with E-state index in [1.807, 2.05) is 48.9 Å². The molecule has 0 aliphatic carbocycles. The minimum absolute atomic E-state index is 0.0112. The van der Waals surface area contributed by atoms with Crippen molar-refractivity contribution in [1.29, 1.82) is 0 Å². The molecule has 0 unspecified atom stereocenters. The molecule has 6 heteroatoms. The molecule has 0 bridgehead atoms. The average Bonchev–Trinajstić information content (AvgIpc) is 2.91. The van der Waals surface area contributed by atoms with Crippen molar-refractivity contribution in [2.45, 2.75) is 20.5 Å². The summed E-state index contributed by atoms with van der Waals surface area (Å²) in [5, 5.41) is 23.4. The first-order valence-electron chi connectivity index (χ1n) is 7.76. The van der Waals surface area contributed by atoms with Gasteiger partial charge in [0, 0.05) is 11.8 Å². The SMILES string of the molecule is Cc1cc(C)n(-c2ccc(COC(=O)c3ccc(O)cc3O)cc2)n1. The fourth-order valence-electron chi connectivity index (χ4n) is 2.54. The zero-order valence-electron chi connectivity index (χ0n) is 13.9. The van der Waals surface area contributed by atoms with Gasteiger partial charge in [-0.15, -0.1) is 0 Å². The van der Waals surface area contributed by atoms with Gasteiger partial charge in [0.15, 0.2) is 0 Å². The van der Waals surface area contributed by atoms with Crippen LogP contribution in [0, 0.1) is 13.8 Å². The number of nitrogens with zero attached hydrogens (tertiary/aromatic N) is 2. The Kier molecular flexibility index (Phi) is 4.43. The molecular formula is C19H18N2O4. The number of carbonyl (C=O) groups excluding carboxylic acids is 1. The van der Waals surface area contributed by atoms with Gasteiger partial charge in [0.2, 0.25) is 0 Å². The molecule has 128 valence electrons. The first kappa shape index (κ1) is 16.6. The highest BCUT2D eigenvalue weighted by Gasteiger charge is 2.13. The summed E-state index contributed by atoms with van der Waals surface area (Å²) in [7, 11) is 0. The normalized spacial score (nSPS) is 10.6. The van der Waals surface area contributed by atoms with E-state index >= 15 is 0 Å². The van der Waals surface area contributed by atoms with Crippen LogP contribution in [0.25, 0.3) is 5.69 Å². The van der Waals surface area contributed by atoms with Crippen LogP contribution < -0.4 is 0 Å². The maximum atomic E-state index is 12.0. The van der Waals surface area contributed by atoms with Gasteiger partial charge in [0.05, 0.1) is 11.4 Å². The molecule has 0 aliphatic heterocycles. The number of rotatable bonds is 4. The van der Waals surface area contributed by atoms with Crippen molar-refractivity contribution >= 4 is 5.97 Å². The molecule has 1 aromatic heterocycles. The van der Waals surface area contributed by atoms with Crippen LogP contribution in [-0.4, -0.2) is 26.0 Å². The van der Waals surface area contributed by atoms with E-state index in [0.29, 0.717) is 0 Å². The van der Waals surface area contributed by atoms with Crippen LogP contribution >= 0.6 is 0 Å². The van der Waals surface area contributed by atoms with Gasteiger partial charge in [-0.3, -0.25) is 0 Å². The monoisotopic (exact) mass is 338 g/mol. The molecule has 6 nitrogen and oxygen atoms in total. The van der Waals surface area contributed by atoms with Gasteiger partial charge in [-0.2, -0.15) is 5.10 Å². The Morgan fingerprint density at radius 1 is 1.08 bits per heavy atom. The van der Waals surface area contributed by atoms with Crippen molar-refractivity contribution in [3.8, 4) is 17.2 Å². The summed E-state index contributed by atoms with van der Waals surface area (Å²) in [6.45, 7) is 4.01. The third kappa shape index (κ3) is 3.63. The summed E-state index contributed by atoms with van der Waals surface area (Å²) < 4.78 is 7.05. The number of ether oxygens (including phenoxy) is 1. The highest BCUT2D eigenvalue weighted by molar-refractivity contribution is 5.92. The standard InChI is InChI=1S/C19H18N2O4/c1-12-9-13(2)21(20-12)15-5-3-14(4-6-15)11-25-19(24)17-8-7-16(22)10-18(17)23/h3-10,22-23H,11H2,1-2H3. The summed E-state index contributed by atoms with van der Waals surface area (Å²) in [5.74, 6) is -1.08. The maximum Gasteiger partial charge on any atom is 0.342 e. The molecule has 0 saturated carbocycles. The van der Waals surface area contributed by atoms with E-state index in [0.717, 1.165) is 28.7 Å². The van der Waals surface area contributed by atoms with Crippen LogP contribution in [0.1, 0.15) is 27.3 Å². The Balaban J connectivity index is 1.67. The van der Waals surface area contributed by atoms with Gasteiger partial charge in [-0.05, 0) is 49.7 Å². The van der Waals surface area contributed by atoms with Gasteiger partial charge in [-0.25, -0.2) is 9.48 Å². The fraction of sp³-hybridized carbons (Fsp3) is 0.158. The molecule has 25 heavy (non-hydrogen) atoms. The molecule has 2 N–H and O–H groups in total. The largest absolute Gasteiger partial charge is 0.508 e. The molecule has 3 aromatic rings. The summed E-state index contributed by atoms with van der Waals surface area (Å²) >= 11 is 0. The minimum atomic E-state index is -0.653. The van der Waals surface area contributed by atoms with E-state index in [1.165, 1.54) is 12.1 Å². The summed E-state index contributed by atoms with van der Waals surface area (Å²) in [5.41, 5.74) is 3.74. The average molecular weight is 338 g/mol. The lowest BCUT2D eigenvalue weighted by molar-refractivity contribution is 0.0469. The van der Waals surface area contributed by atoms with Crippen LogP contribution in [0.3, 0.4) is 0 Å². The van der Waals surface area contributed by atoms with Gasteiger partial charge in [-0.1, -0.05) is 12.1 Å². The highest BCUT2D eigenvalue weighted by atomic mass is 16.5. The molecule has 0 saturated heterocycles. The second-order valence-electron chi connectivity index (χ2n) is 5.78. The summed E-state index contributed by atoms with van der Waals surface area (Å²) in [6.07, 6.45) is 0. The first-order chi connectivity index (χ1) is 11.9. The van der Waals surface area contributed by atoms with E-state index in [-0.39, 0.29) is 23.7 Å². The zero-order chi connectivity index (χ0) is 18.0. The van der Waals surface area contributed by atoms with Crippen LogP contribution in [0.4, 0.5) is 0 Å². The Bertz CT molecular complexity index is 914. The van der Waals surface area contributed by atoms with Crippen LogP contribution in [-0.2, 0) is 11.3 Å². The number of phenolic OH excluding ortho intramolecular Hbond substituents is 2. The van der Waals surface area contributed by atoms with Gasteiger partial charge in [0.25, 0.3) is 0 Å². The molecule has 0 amide bonds. The number of aryl methyl sites for hydroxylation is 2. The molecule has 2 aromatic carbocycles. The fourth-order valence-corrected chi connectivity index (χ4v) is 2.54. The highest BCUT2D eigenvalue weighted by Crippen LogP contribution is 2.23. The Labute approximate surface area is 144 Å². The lowest BCUT2D eigenvalue weighted by atomic mass is 10.2. The number of hydrogen-bond acceptors (Lipinski definition) is 5. The van der Waals surface area contributed by atoms with Crippen molar-refractivity contribution < 1.29 is 19.7 Å². The number of aromatic nitrogens is 2. The molecule has 0 spiro atoms. The number of esters is 1. The topological polar surface area (TPSA) is 84.6 Å². The molecule has 1 heterocycles.